The van der Waals surface area contributed by atoms with Gasteiger partial charge in [0.15, 0.2) is 0 Å². The molecule has 4 nitrogen and oxygen atoms in total. The Morgan fingerprint density at radius 2 is 2.05 bits per heavy atom. The summed E-state index contributed by atoms with van der Waals surface area (Å²) in [6, 6.07) is 2.12. The number of hydrogen-bond acceptors (Lipinski definition) is 2. The first-order chi connectivity index (χ1) is 9.58. The molecule has 1 aromatic heterocycles. The van der Waals surface area contributed by atoms with Crippen LogP contribution < -0.4 is 5.32 Å². The zero-order valence-corrected chi connectivity index (χ0v) is 12.0. The molecule has 0 fully saturated rings. The van der Waals surface area contributed by atoms with Crippen molar-refractivity contribution in [1.29, 1.82) is 0 Å². The number of nitrogens with one attached hydrogen (secondary N) is 1. The van der Waals surface area contributed by atoms with Gasteiger partial charge in [-0.25, -0.2) is 13.8 Å². The number of nitrogens with zero attached hydrogens (tertiary/aromatic N) is 2. The predicted molar refractivity (Wildman–Crippen MR) is 73.2 cm³/mol. The van der Waals surface area contributed by atoms with E-state index < -0.39 is 23.1 Å². The Kier molecular flexibility index (Phi) is 4.84. The second-order valence-corrected chi connectivity index (χ2v) is 5.07. The van der Waals surface area contributed by atoms with Gasteiger partial charge in [0.1, 0.15) is 17.2 Å². The maximum atomic E-state index is 13.6. The van der Waals surface area contributed by atoms with Crippen LogP contribution in [-0.4, -0.2) is 22.0 Å². The van der Waals surface area contributed by atoms with Crippen LogP contribution in [0.15, 0.2) is 35.3 Å². The number of aromatic nitrogens is 2. The summed E-state index contributed by atoms with van der Waals surface area (Å²) in [7, 11) is 0. The second-order valence-electron chi connectivity index (χ2n) is 4.15. The molecule has 1 N–H and O–H groups in total. The van der Waals surface area contributed by atoms with Crippen LogP contribution in [-0.2, 0) is 6.54 Å². The van der Waals surface area contributed by atoms with Crippen molar-refractivity contribution in [3.05, 3.63) is 52.5 Å². The number of imidazole rings is 1. The van der Waals surface area contributed by atoms with Crippen molar-refractivity contribution in [2.24, 2.45) is 0 Å². The highest BCUT2D eigenvalue weighted by molar-refractivity contribution is 9.10. The van der Waals surface area contributed by atoms with Gasteiger partial charge >= 0.3 is 0 Å². The molecule has 2 rings (SSSR count). The van der Waals surface area contributed by atoms with Crippen molar-refractivity contribution in [3.63, 3.8) is 0 Å². The molecule has 1 aromatic carbocycles. The zero-order chi connectivity index (χ0) is 14.5. The molecule has 0 atom stereocenters. The number of rotatable bonds is 5. The Bertz CT molecular complexity index is 579. The van der Waals surface area contributed by atoms with Crippen molar-refractivity contribution in [3.8, 4) is 0 Å². The minimum Gasteiger partial charge on any atom is -0.352 e. The van der Waals surface area contributed by atoms with E-state index in [4.69, 9.17) is 0 Å². The molecule has 2 aromatic rings. The molecule has 0 aliphatic heterocycles. The lowest BCUT2D eigenvalue weighted by molar-refractivity contribution is 0.0944. The first kappa shape index (κ1) is 14.6. The van der Waals surface area contributed by atoms with E-state index in [9.17, 15) is 13.6 Å². The van der Waals surface area contributed by atoms with Crippen LogP contribution >= 0.6 is 15.9 Å². The number of benzene rings is 1. The van der Waals surface area contributed by atoms with Crippen LogP contribution in [0.4, 0.5) is 8.78 Å². The lowest BCUT2D eigenvalue weighted by atomic mass is 10.2. The first-order valence-corrected chi connectivity index (χ1v) is 6.75. The largest absolute Gasteiger partial charge is 0.352 e. The zero-order valence-electron chi connectivity index (χ0n) is 10.4. The molecule has 0 saturated carbocycles. The Morgan fingerprint density at radius 3 is 2.65 bits per heavy atom. The third-order valence-corrected chi connectivity index (χ3v) is 3.13. The molecular weight excluding hydrogens is 332 g/mol. The fourth-order valence-corrected chi connectivity index (χ4v) is 2.13. The van der Waals surface area contributed by atoms with Crippen LogP contribution in [0.2, 0.25) is 0 Å². The van der Waals surface area contributed by atoms with Gasteiger partial charge in [0.2, 0.25) is 0 Å². The molecule has 20 heavy (non-hydrogen) atoms. The van der Waals surface area contributed by atoms with Crippen molar-refractivity contribution in [2.75, 3.05) is 6.54 Å². The van der Waals surface area contributed by atoms with Crippen molar-refractivity contribution in [1.82, 2.24) is 14.9 Å². The lowest BCUT2D eigenvalue weighted by Crippen LogP contribution is -2.27. The summed E-state index contributed by atoms with van der Waals surface area (Å²) < 4.78 is 29.2. The number of amides is 1. The monoisotopic (exact) mass is 343 g/mol. The van der Waals surface area contributed by atoms with Gasteiger partial charge in [-0.2, -0.15) is 0 Å². The highest BCUT2D eigenvalue weighted by atomic mass is 79.9. The van der Waals surface area contributed by atoms with E-state index in [-0.39, 0.29) is 4.47 Å². The Labute approximate surface area is 122 Å². The van der Waals surface area contributed by atoms with Gasteiger partial charge in [-0.3, -0.25) is 4.79 Å². The van der Waals surface area contributed by atoms with Crippen LogP contribution in [0, 0.1) is 11.6 Å². The van der Waals surface area contributed by atoms with Gasteiger partial charge in [-0.05, 0) is 18.6 Å². The number of carbonyl (C=O) groups excluding carboxylic acids is 1. The molecule has 0 bridgehead atoms. The summed E-state index contributed by atoms with van der Waals surface area (Å²) in [6.45, 7) is 0.998. The summed E-state index contributed by atoms with van der Waals surface area (Å²) in [4.78, 5) is 15.6. The fourth-order valence-electron chi connectivity index (χ4n) is 1.73. The van der Waals surface area contributed by atoms with Crippen molar-refractivity contribution in [2.45, 2.75) is 13.0 Å². The average molecular weight is 344 g/mol. The van der Waals surface area contributed by atoms with Gasteiger partial charge in [0.05, 0.1) is 6.33 Å². The smallest absolute Gasteiger partial charge is 0.257 e. The number of aryl methyl sites for hydroxylation is 1. The molecule has 106 valence electrons. The van der Waals surface area contributed by atoms with Gasteiger partial charge in [0, 0.05) is 30.0 Å². The summed E-state index contributed by atoms with van der Waals surface area (Å²) in [6.07, 6.45) is 5.76. The molecule has 0 aliphatic carbocycles. The molecule has 0 spiro atoms. The topological polar surface area (TPSA) is 46.9 Å². The van der Waals surface area contributed by atoms with Gasteiger partial charge in [0.25, 0.3) is 5.91 Å². The minimum atomic E-state index is -0.885. The van der Waals surface area contributed by atoms with E-state index in [0.29, 0.717) is 19.5 Å². The SMILES string of the molecule is O=C(NCCCn1ccnc1)c1c(F)cc(Br)cc1F. The molecule has 1 heterocycles. The van der Waals surface area contributed by atoms with Gasteiger partial charge in [-0.15, -0.1) is 0 Å². The van der Waals surface area contributed by atoms with E-state index in [1.807, 2.05) is 4.57 Å². The predicted octanol–water partition coefficient (Wildman–Crippen LogP) is 2.74. The maximum absolute atomic E-state index is 13.6. The average Bonchev–Trinajstić information content (AvgIpc) is 2.86. The Balaban J connectivity index is 1.89. The van der Waals surface area contributed by atoms with Crippen LogP contribution in [0.3, 0.4) is 0 Å². The molecule has 1 amide bonds. The quantitative estimate of drug-likeness (QED) is 0.848. The number of hydrogen-bond donors (Lipinski definition) is 1. The van der Waals surface area contributed by atoms with Gasteiger partial charge < -0.3 is 9.88 Å². The van der Waals surface area contributed by atoms with Crippen LogP contribution in [0.1, 0.15) is 16.8 Å². The highest BCUT2D eigenvalue weighted by Gasteiger charge is 2.17. The summed E-state index contributed by atoms with van der Waals surface area (Å²) in [5.74, 6) is -2.52. The third kappa shape index (κ3) is 3.63. The Hall–Kier alpha value is -1.76. The molecule has 0 radical (unpaired) electrons. The van der Waals surface area contributed by atoms with E-state index in [2.05, 4.69) is 26.2 Å². The van der Waals surface area contributed by atoms with E-state index >= 15 is 0 Å². The second kappa shape index (κ2) is 6.60. The standard InChI is InChI=1S/C13H12BrF2N3O/c14-9-6-10(15)12(11(16)7-9)13(20)18-2-1-4-19-5-3-17-8-19/h3,5-8H,1-2,4H2,(H,18,20). The van der Waals surface area contributed by atoms with Crippen molar-refractivity contribution < 1.29 is 13.6 Å². The first-order valence-electron chi connectivity index (χ1n) is 5.96. The van der Waals surface area contributed by atoms with Gasteiger partial charge in [-0.1, -0.05) is 15.9 Å². The summed E-state index contributed by atoms with van der Waals surface area (Å²) in [5, 5.41) is 2.49. The number of halogens is 3. The van der Waals surface area contributed by atoms with E-state index in [0.717, 1.165) is 12.1 Å². The van der Waals surface area contributed by atoms with E-state index in [1.165, 1.54) is 0 Å². The summed E-state index contributed by atoms with van der Waals surface area (Å²) in [5.41, 5.74) is -0.559. The molecule has 0 unspecified atom stereocenters. The van der Waals surface area contributed by atoms with Crippen molar-refractivity contribution >= 4 is 21.8 Å². The fraction of sp³-hybridized carbons (Fsp3) is 0.231. The highest BCUT2D eigenvalue weighted by Crippen LogP contribution is 2.19. The van der Waals surface area contributed by atoms with Crippen LogP contribution in [0.5, 0.6) is 0 Å². The molecule has 7 heteroatoms. The lowest BCUT2D eigenvalue weighted by Gasteiger charge is -2.08. The van der Waals surface area contributed by atoms with E-state index in [1.54, 1.807) is 18.7 Å². The molecular formula is C13H12BrF2N3O. The maximum Gasteiger partial charge on any atom is 0.257 e. The van der Waals surface area contributed by atoms with Crippen LogP contribution in [0.25, 0.3) is 0 Å². The normalized spacial score (nSPS) is 10.6. The molecule has 0 saturated heterocycles. The third-order valence-electron chi connectivity index (χ3n) is 2.67. The summed E-state index contributed by atoms with van der Waals surface area (Å²) >= 11 is 2.96. The minimum absolute atomic E-state index is 0.254. The molecule has 0 aliphatic rings. The number of carbonyl (C=O) groups is 1. The Morgan fingerprint density at radius 1 is 1.35 bits per heavy atom.